The smallest absolute Gasteiger partial charge is 0.417 e. The van der Waals surface area contributed by atoms with Crippen LogP contribution in [-0.2, 0) is 20.4 Å². The van der Waals surface area contributed by atoms with Gasteiger partial charge in [-0.05, 0) is 32.4 Å². The molecule has 1 aliphatic rings. The molecular weight excluding hydrogens is 395 g/mol. The summed E-state index contributed by atoms with van der Waals surface area (Å²) in [5.74, 6) is -4.78. The molecule has 0 aromatic heterocycles. The highest BCUT2D eigenvalue weighted by Gasteiger charge is 2.45. The molecule has 1 fully saturated rings. The number of halogens is 3. The van der Waals surface area contributed by atoms with Gasteiger partial charge in [-0.1, -0.05) is 12.1 Å². The summed E-state index contributed by atoms with van der Waals surface area (Å²) in [6.45, 7) is 4.43. The minimum Gasteiger partial charge on any atom is -0.481 e. The molecule has 0 spiro atoms. The zero-order chi connectivity index (χ0) is 22.1. The average molecular weight is 417 g/mol. The molecule has 0 radical (unpaired) electrons. The van der Waals surface area contributed by atoms with Crippen molar-refractivity contribution in [2.75, 3.05) is 20.2 Å². The van der Waals surface area contributed by atoms with E-state index in [9.17, 15) is 32.7 Å². The van der Waals surface area contributed by atoms with E-state index in [2.05, 4.69) is 4.74 Å². The Bertz CT molecular complexity index is 815. The topological polar surface area (TPSA) is 93.1 Å². The van der Waals surface area contributed by atoms with Gasteiger partial charge >= 0.3 is 24.2 Å². The molecule has 1 amide bonds. The second-order valence-electron chi connectivity index (χ2n) is 7.70. The lowest BCUT2D eigenvalue weighted by molar-refractivity contribution is -0.141. The molecule has 1 aromatic carbocycles. The Hall–Kier alpha value is -2.78. The predicted octanol–water partition coefficient (Wildman–Crippen LogP) is 3.53. The Morgan fingerprint density at radius 2 is 1.76 bits per heavy atom. The number of ether oxygens (including phenoxy) is 2. The highest BCUT2D eigenvalue weighted by Crippen LogP contribution is 2.40. The van der Waals surface area contributed by atoms with E-state index in [0.29, 0.717) is 0 Å². The van der Waals surface area contributed by atoms with Crippen molar-refractivity contribution in [1.29, 1.82) is 0 Å². The van der Waals surface area contributed by atoms with Crippen LogP contribution in [0.25, 0.3) is 0 Å². The number of aliphatic carboxylic acids is 1. The lowest BCUT2D eigenvalue weighted by Crippen LogP contribution is -2.35. The average Bonchev–Trinajstić information content (AvgIpc) is 3.04. The number of rotatable bonds is 3. The van der Waals surface area contributed by atoms with E-state index >= 15 is 0 Å². The highest BCUT2D eigenvalue weighted by molar-refractivity contribution is 5.93. The number of hydrogen-bond donors (Lipinski definition) is 1. The molecule has 2 rings (SSSR count). The monoisotopic (exact) mass is 417 g/mol. The van der Waals surface area contributed by atoms with Gasteiger partial charge in [-0.2, -0.15) is 13.2 Å². The molecule has 1 aliphatic heterocycles. The lowest BCUT2D eigenvalue weighted by Gasteiger charge is -2.24. The van der Waals surface area contributed by atoms with Crippen molar-refractivity contribution in [2.24, 2.45) is 5.92 Å². The number of benzene rings is 1. The number of esters is 1. The van der Waals surface area contributed by atoms with Crippen molar-refractivity contribution in [3.05, 3.63) is 34.9 Å². The SMILES string of the molecule is COC(=O)c1c(C2CN(C(=O)OC(C)(C)C)CC2C(=O)O)cccc1C(F)(F)F. The van der Waals surface area contributed by atoms with E-state index in [0.717, 1.165) is 24.1 Å². The second-order valence-corrected chi connectivity index (χ2v) is 7.70. The van der Waals surface area contributed by atoms with Crippen molar-refractivity contribution in [2.45, 2.75) is 38.5 Å². The molecule has 0 aliphatic carbocycles. The Kier molecular flexibility index (Phi) is 6.15. The van der Waals surface area contributed by atoms with Gasteiger partial charge < -0.3 is 19.5 Å². The number of methoxy groups -OCH3 is 1. The molecule has 29 heavy (non-hydrogen) atoms. The summed E-state index contributed by atoms with van der Waals surface area (Å²) in [6, 6.07) is 3.08. The third-order valence-electron chi connectivity index (χ3n) is 4.48. The summed E-state index contributed by atoms with van der Waals surface area (Å²) in [7, 11) is 0.940. The van der Waals surface area contributed by atoms with E-state index in [1.807, 2.05) is 0 Å². The Morgan fingerprint density at radius 3 is 2.24 bits per heavy atom. The van der Waals surface area contributed by atoms with Gasteiger partial charge in [0.25, 0.3) is 0 Å². The maximum absolute atomic E-state index is 13.4. The summed E-state index contributed by atoms with van der Waals surface area (Å²) < 4.78 is 50.1. The van der Waals surface area contributed by atoms with E-state index in [1.165, 1.54) is 6.07 Å². The number of likely N-dealkylation sites (tertiary alicyclic amines) is 1. The fourth-order valence-corrected chi connectivity index (χ4v) is 3.29. The van der Waals surface area contributed by atoms with Crippen molar-refractivity contribution in [1.82, 2.24) is 4.90 Å². The van der Waals surface area contributed by atoms with E-state index in [-0.39, 0.29) is 18.7 Å². The van der Waals surface area contributed by atoms with E-state index in [1.54, 1.807) is 20.8 Å². The quantitative estimate of drug-likeness (QED) is 0.757. The van der Waals surface area contributed by atoms with Gasteiger partial charge in [0.15, 0.2) is 0 Å². The molecule has 1 N–H and O–H groups in total. The van der Waals surface area contributed by atoms with Gasteiger partial charge in [-0.3, -0.25) is 4.79 Å². The first-order valence-electron chi connectivity index (χ1n) is 8.75. The van der Waals surface area contributed by atoms with Crippen molar-refractivity contribution in [3.8, 4) is 0 Å². The van der Waals surface area contributed by atoms with Crippen LogP contribution in [0.2, 0.25) is 0 Å². The first-order chi connectivity index (χ1) is 13.3. The van der Waals surface area contributed by atoms with Crippen LogP contribution in [0.1, 0.15) is 48.2 Å². The van der Waals surface area contributed by atoms with Gasteiger partial charge in [-0.15, -0.1) is 0 Å². The van der Waals surface area contributed by atoms with Gasteiger partial charge in [0.1, 0.15) is 5.60 Å². The third-order valence-corrected chi connectivity index (χ3v) is 4.48. The van der Waals surface area contributed by atoms with Gasteiger partial charge in [0.05, 0.1) is 24.2 Å². The fourth-order valence-electron chi connectivity index (χ4n) is 3.29. The zero-order valence-electron chi connectivity index (χ0n) is 16.4. The van der Waals surface area contributed by atoms with Crippen LogP contribution in [0.5, 0.6) is 0 Å². The molecule has 1 aromatic rings. The molecular formula is C19H22F3NO6. The number of carbonyl (C=O) groups is 3. The standard InChI is InChI=1S/C19H22F3NO6/c1-18(2,3)29-17(27)23-8-11(12(9-23)15(24)25)10-6-5-7-13(19(20,21)22)14(10)16(26)28-4/h5-7,11-12H,8-9H2,1-4H3,(H,24,25). The molecule has 10 heteroatoms. The number of carboxylic acid groups (broad SMARTS) is 1. The molecule has 2 atom stereocenters. The minimum atomic E-state index is -4.85. The predicted molar refractivity (Wildman–Crippen MR) is 94.5 cm³/mol. The van der Waals surface area contributed by atoms with Crippen LogP contribution < -0.4 is 0 Å². The lowest BCUT2D eigenvalue weighted by atomic mass is 9.84. The third kappa shape index (κ3) is 4.99. The van der Waals surface area contributed by atoms with Crippen LogP contribution in [0.15, 0.2) is 18.2 Å². The van der Waals surface area contributed by atoms with Crippen molar-refractivity contribution in [3.63, 3.8) is 0 Å². The molecule has 1 heterocycles. The Morgan fingerprint density at radius 1 is 1.14 bits per heavy atom. The largest absolute Gasteiger partial charge is 0.481 e. The van der Waals surface area contributed by atoms with Crippen LogP contribution in [0.3, 0.4) is 0 Å². The summed E-state index contributed by atoms with van der Waals surface area (Å²) in [5, 5.41) is 9.58. The summed E-state index contributed by atoms with van der Waals surface area (Å²) in [5.41, 5.74) is -2.93. The molecule has 0 bridgehead atoms. The van der Waals surface area contributed by atoms with Crippen molar-refractivity contribution < 1.29 is 42.1 Å². The molecule has 0 saturated carbocycles. The molecule has 2 unspecified atom stereocenters. The second kappa shape index (κ2) is 7.92. The Labute approximate surface area is 165 Å². The zero-order valence-corrected chi connectivity index (χ0v) is 16.4. The number of alkyl halides is 3. The maximum atomic E-state index is 13.4. The first-order valence-corrected chi connectivity index (χ1v) is 8.75. The normalized spacial score (nSPS) is 19.8. The molecule has 160 valence electrons. The van der Waals surface area contributed by atoms with Crippen LogP contribution in [0, 0.1) is 5.92 Å². The van der Waals surface area contributed by atoms with Crippen LogP contribution in [-0.4, -0.2) is 53.8 Å². The number of carboxylic acids is 1. The van der Waals surface area contributed by atoms with Crippen molar-refractivity contribution >= 4 is 18.0 Å². The number of hydrogen-bond acceptors (Lipinski definition) is 5. The van der Waals surface area contributed by atoms with Gasteiger partial charge in [0, 0.05) is 19.0 Å². The van der Waals surface area contributed by atoms with Gasteiger partial charge in [0.2, 0.25) is 0 Å². The number of amides is 1. The minimum absolute atomic E-state index is 0.134. The maximum Gasteiger partial charge on any atom is 0.417 e. The fraction of sp³-hybridized carbons (Fsp3) is 0.526. The summed E-state index contributed by atoms with van der Waals surface area (Å²) in [4.78, 5) is 37.4. The summed E-state index contributed by atoms with van der Waals surface area (Å²) >= 11 is 0. The van der Waals surface area contributed by atoms with Crippen LogP contribution >= 0.6 is 0 Å². The molecule has 1 saturated heterocycles. The molecule has 7 nitrogen and oxygen atoms in total. The van der Waals surface area contributed by atoms with E-state index < -0.39 is 52.8 Å². The first kappa shape index (κ1) is 22.5. The van der Waals surface area contributed by atoms with E-state index in [4.69, 9.17) is 4.74 Å². The summed E-state index contributed by atoms with van der Waals surface area (Å²) in [6.07, 6.45) is -5.63. The Balaban J connectivity index is 2.52. The number of carbonyl (C=O) groups excluding carboxylic acids is 2. The number of nitrogens with zero attached hydrogens (tertiary/aromatic N) is 1. The highest BCUT2D eigenvalue weighted by atomic mass is 19.4. The van der Waals surface area contributed by atoms with Gasteiger partial charge in [-0.25, -0.2) is 9.59 Å². The van der Waals surface area contributed by atoms with Crippen LogP contribution in [0.4, 0.5) is 18.0 Å².